The molecule has 0 aliphatic carbocycles. The first-order valence-electron chi connectivity index (χ1n) is 27.2. The number of fused-ring (bicyclic) bond motifs is 1. The first-order valence-corrected chi connectivity index (χ1v) is 27.2. The molecule has 13 aromatic rings. The second-order valence-corrected chi connectivity index (χ2v) is 20.1. The standard InChI is InChI=1S/C77H56N2/c1-55-39-47-66(48-40-55)78(67-49-41-56(42-50-67)57-43-51-69(52-44-57)79(65-35-18-7-19-36-65)71-38-22-34-58-23-20-21-37-70(58)71)68-53-45-64(46-54-68)77-75(62-30-14-5-15-31-62)73(60-26-10-3-11-27-60)72(59-24-8-2-9-25-59)74(61-28-12-4-13-29-61)76(77)63-32-16-6-17-33-63/h2-54H,1H3. The van der Waals surface area contributed by atoms with E-state index in [0.29, 0.717) is 0 Å². The van der Waals surface area contributed by atoms with E-state index < -0.39 is 0 Å². The Hall–Kier alpha value is -10.3. The van der Waals surface area contributed by atoms with Gasteiger partial charge in [0.1, 0.15) is 0 Å². The van der Waals surface area contributed by atoms with Crippen LogP contribution in [0.4, 0.5) is 34.1 Å². The molecular weight excluding hydrogens is 953 g/mol. The molecule has 0 amide bonds. The van der Waals surface area contributed by atoms with Crippen LogP contribution < -0.4 is 9.80 Å². The molecule has 0 saturated heterocycles. The summed E-state index contributed by atoms with van der Waals surface area (Å²) in [6, 6.07) is 117. The van der Waals surface area contributed by atoms with Crippen LogP contribution >= 0.6 is 0 Å². The Bertz CT molecular complexity index is 4050. The average Bonchev–Trinajstić information content (AvgIpc) is 3.71. The van der Waals surface area contributed by atoms with Crippen molar-refractivity contribution in [2.24, 2.45) is 0 Å². The Morgan fingerprint density at radius 2 is 0.456 bits per heavy atom. The van der Waals surface area contributed by atoms with Gasteiger partial charge in [-0.15, -0.1) is 0 Å². The number of hydrogen-bond acceptors (Lipinski definition) is 2. The Morgan fingerprint density at radius 1 is 0.190 bits per heavy atom. The van der Waals surface area contributed by atoms with Gasteiger partial charge in [-0.05, 0) is 157 Å². The van der Waals surface area contributed by atoms with Crippen molar-refractivity contribution in [1.29, 1.82) is 0 Å². The molecule has 13 rings (SSSR count). The summed E-state index contributed by atoms with van der Waals surface area (Å²) in [4.78, 5) is 4.73. The number of aryl methyl sites for hydroxylation is 1. The largest absolute Gasteiger partial charge is 0.311 e. The van der Waals surface area contributed by atoms with Gasteiger partial charge in [-0.1, -0.05) is 260 Å². The molecule has 0 aliphatic heterocycles. The average molecular weight is 1010 g/mol. The third-order valence-corrected chi connectivity index (χ3v) is 15.1. The van der Waals surface area contributed by atoms with Crippen molar-refractivity contribution >= 4 is 44.9 Å². The van der Waals surface area contributed by atoms with Crippen LogP contribution in [0.25, 0.3) is 88.7 Å². The number of rotatable bonds is 13. The molecule has 0 atom stereocenters. The van der Waals surface area contributed by atoms with Gasteiger partial charge in [0.2, 0.25) is 0 Å². The first-order chi connectivity index (χ1) is 39.1. The topological polar surface area (TPSA) is 6.48 Å². The highest BCUT2D eigenvalue weighted by atomic mass is 15.1. The van der Waals surface area contributed by atoms with Crippen molar-refractivity contribution in [3.05, 3.63) is 327 Å². The maximum Gasteiger partial charge on any atom is 0.0540 e. The van der Waals surface area contributed by atoms with E-state index in [1.165, 1.54) is 55.3 Å². The SMILES string of the molecule is Cc1ccc(N(c2ccc(-c3ccc(N(c4ccccc4)c4cccc5ccccc45)cc3)cc2)c2ccc(-c3c(-c4ccccc4)c(-c4ccccc4)c(-c4ccccc4)c(-c4ccccc4)c3-c3ccccc3)cc2)cc1. The lowest BCUT2D eigenvalue weighted by atomic mass is 9.74. The number of benzene rings is 13. The molecule has 0 N–H and O–H groups in total. The van der Waals surface area contributed by atoms with Crippen LogP contribution in [0.15, 0.2) is 322 Å². The van der Waals surface area contributed by atoms with Gasteiger partial charge in [-0.2, -0.15) is 0 Å². The predicted octanol–water partition coefficient (Wildman–Crippen LogP) is 21.8. The summed E-state index contributed by atoms with van der Waals surface area (Å²) in [6.07, 6.45) is 0. The highest BCUT2D eigenvalue weighted by Gasteiger charge is 2.29. The monoisotopic (exact) mass is 1010 g/mol. The molecule has 79 heavy (non-hydrogen) atoms. The van der Waals surface area contributed by atoms with Gasteiger partial charge < -0.3 is 9.80 Å². The second-order valence-electron chi connectivity index (χ2n) is 20.1. The van der Waals surface area contributed by atoms with Crippen molar-refractivity contribution in [2.75, 3.05) is 9.80 Å². The summed E-state index contributed by atoms with van der Waals surface area (Å²) in [7, 11) is 0. The van der Waals surface area contributed by atoms with E-state index in [0.717, 1.165) is 73.1 Å². The normalized spacial score (nSPS) is 11.1. The molecule has 13 aromatic carbocycles. The van der Waals surface area contributed by atoms with E-state index in [2.05, 4.69) is 338 Å². The lowest BCUT2D eigenvalue weighted by Gasteiger charge is -2.29. The molecule has 0 heterocycles. The van der Waals surface area contributed by atoms with Crippen LogP contribution in [0, 0.1) is 6.92 Å². The minimum atomic E-state index is 1.06. The van der Waals surface area contributed by atoms with Crippen LogP contribution in [0.3, 0.4) is 0 Å². The molecule has 0 radical (unpaired) electrons. The van der Waals surface area contributed by atoms with E-state index in [1.54, 1.807) is 0 Å². The van der Waals surface area contributed by atoms with Gasteiger partial charge in [-0.25, -0.2) is 0 Å². The fourth-order valence-corrected chi connectivity index (χ4v) is 11.4. The van der Waals surface area contributed by atoms with Crippen LogP contribution in [0.1, 0.15) is 5.56 Å². The van der Waals surface area contributed by atoms with Crippen molar-refractivity contribution in [1.82, 2.24) is 0 Å². The molecule has 2 heteroatoms. The molecular formula is C77H56N2. The molecule has 0 unspecified atom stereocenters. The summed E-state index contributed by atoms with van der Waals surface area (Å²) in [5, 5.41) is 2.42. The molecule has 0 aromatic heterocycles. The van der Waals surface area contributed by atoms with E-state index in [1.807, 2.05) is 0 Å². The highest BCUT2D eigenvalue weighted by Crippen LogP contribution is 2.56. The minimum absolute atomic E-state index is 1.06. The van der Waals surface area contributed by atoms with Gasteiger partial charge in [0.05, 0.1) is 5.69 Å². The second kappa shape index (κ2) is 21.8. The molecule has 0 spiro atoms. The Kier molecular flexibility index (Phi) is 13.3. The fraction of sp³-hybridized carbons (Fsp3) is 0.0130. The van der Waals surface area contributed by atoms with Gasteiger partial charge >= 0.3 is 0 Å². The summed E-state index contributed by atoms with van der Waals surface area (Å²) < 4.78 is 0. The number of hydrogen-bond donors (Lipinski definition) is 0. The minimum Gasteiger partial charge on any atom is -0.311 e. The van der Waals surface area contributed by atoms with Crippen molar-refractivity contribution in [3.63, 3.8) is 0 Å². The van der Waals surface area contributed by atoms with Gasteiger partial charge in [-0.3, -0.25) is 0 Å². The van der Waals surface area contributed by atoms with Gasteiger partial charge in [0, 0.05) is 33.8 Å². The number of anilines is 6. The van der Waals surface area contributed by atoms with Crippen LogP contribution in [-0.4, -0.2) is 0 Å². The Labute approximate surface area is 464 Å². The van der Waals surface area contributed by atoms with E-state index in [9.17, 15) is 0 Å². The fourth-order valence-electron chi connectivity index (χ4n) is 11.4. The zero-order valence-electron chi connectivity index (χ0n) is 44.0. The lowest BCUT2D eigenvalue weighted by molar-refractivity contribution is 1.27. The lowest BCUT2D eigenvalue weighted by Crippen LogP contribution is -2.10. The maximum atomic E-state index is 2.37. The Balaban J connectivity index is 0.951. The summed E-state index contributed by atoms with van der Waals surface area (Å²) in [5.74, 6) is 0. The van der Waals surface area contributed by atoms with E-state index >= 15 is 0 Å². The third-order valence-electron chi connectivity index (χ3n) is 15.1. The summed E-state index contributed by atoms with van der Waals surface area (Å²) in [5.41, 5.74) is 24.2. The van der Waals surface area contributed by atoms with Crippen molar-refractivity contribution < 1.29 is 0 Å². The quantitative estimate of drug-likeness (QED) is 0.114. The van der Waals surface area contributed by atoms with Gasteiger partial charge in [0.25, 0.3) is 0 Å². The zero-order chi connectivity index (χ0) is 52.9. The van der Waals surface area contributed by atoms with Gasteiger partial charge in [0.15, 0.2) is 0 Å². The van der Waals surface area contributed by atoms with E-state index in [4.69, 9.17) is 0 Å². The smallest absolute Gasteiger partial charge is 0.0540 e. The van der Waals surface area contributed by atoms with E-state index in [-0.39, 0.29) is 0 Å². The highest BCUT2D eigenvalue weighted by molar-refractivity contribution is 6.15. The van der Waals surface area contributed by atoms with Crippen LogP contribution in [0.2, 0.25) is 0 Å². The molecule has 0 saturated carbocycles. The molecule has 0 bridgehead atoms. The number of para-hydroxylation sites is 1. The number of nitrogens with zero attached hydrogens (tertiary/aromatic N) is 2. The molecule has 0 aliphatic rings. The maximum absolute atomic E-state index is 2.37. The third kappa shape index (κ3) is 9.58. The summed E-state index contributed by atoms with van der Waals surface area (Å²) >= 11 is 0. The molecule has 0 fully saturated rings. The molecule has 374 valence electrons. The van der Waals surface area contributed by atoms with Crippen LogP contribution in [0.5, 0.6) is 0 Å². The van der Waals surface area contributed by atoms with Crippen molar-refractivity contribution in [2.45, 2.75) is 6.92 Å². The van der Waals surface area contributed by atoms with Crippen LogP contribution in [-0.2, 0) is 0 Å². The Morgan fingerprint density at radius 3 is 0.835 bits per heavy atom. The summed E-state index contributed by atoms with van der Waals surface area (Å²) in [6.45, 7) is 2.15. The van der Waals surface area contributed by atoms with Crippen molar-refractivity contribution in [3.8, 4) is 77.9 Å². The molecule has 2 nitrogen and oxygen atoms in total. The predicted molar refractivity (Wildman–Crippen MR) is 336 cm³/mol. The first kappa shape index (κ1) is 48.4. The zero-order valence-corrected chi connectivity index (χ0v) is 44.0.